The Kier molecular flexibility index (Phi) is 16.4. The largest absolute Gasteiger partial charge is 0.379 e. The zero-order valence-electron chi connectivity index (χ0n) is 13.6. The van der Waals surface area contributed by atoms with E-state index in [0.717, 1.165) is 24.4 Å². The maximum atomic E-state index is 5.29. The van der Waals surface area contributed by atoms with Crippen LogP contribution in [0, 0.1) is 0 Å². The predicted molar refractivity (Wildman–Crippen MR) is 96.5 cm³/mol. The van der Waals surface area contributed by atoms with Gasteiger partial charge < -0.3 is 5.32 Å². The summed E-state index contributed by atoms with van der Waals surface area (Å²) in [6, 6.07) is 0. The smallest absolute Gasteiger partial charge is 0.0753 e. The first-order valence-electron chi connectivity index (χ1n) is 8.68. The molecule has 2 heteroatoms. The van der Waals surface area contributed by atoms with Crippen molar-refractivity contribution in [3.05, 3.63) is 12.7 Å². The molecular weight excluding hydrogens is 262 g/mol. The van der Waals surface area contributed by atoms with Crippen molar-refractivity contribution >= 4 is 17.2 Å². The fraction of sp³-hybridized carbons (Fsp3) is 0.833. The molecule has 0 rings (SSSR count). The molecule has 0 aromatic carbocycles. The Bertz CT molecular complexity index is 225. The normalized spacial score (nSPS) is 10.4. The Morgan fingerprint density at radius 2 is 1.40 bits per heavy atom. The summed E-state index contributed by atoms with van der Waals surface area (Å²) in [6.07, 6.45) is 19.3. The van der Waals surface area contributed by atoms with Gasteiger partial charge in [0.2, 0.25) is 0 Å². The van der Waals surface area contributed by atoms with Gasteiger partial charge >= 0.3 is 0 Å². The Morgan fingerprint density at radius 3 is 1.90 bits per heavy atom. The molecule has 1 N–H and O–H groups in total. The number of unbranched alkanes of at least 4 members (excludes halogenated alkanes) is 10. The van der Waals surface area contributed by atoms with Gasteiger partial charge in [0.25, 0.3) is 0 Å². The van der Waals surface area contributed by atoms with Crippen LogP contribution in [0.1, 0.15) is 90.4 Å². The molecule has 0 amide bonds. The molecule has 0 aliphatic carbocycles. The minimum atomic E-state index is 0.945. The highest BCUT2D eigenvalue weighted by Crippen LogP contribution is 2.11. The molecule has 0 fully saturated rings. The van der Waals surface area contributed by atoms with Crippen LogP contribution in [0.4, 0.5) is 0 Å². The Morgan fingerprint density at radius 1 is 0.900 bits per heavy atom. The molecule has 0 radical (unpaired) electrons. The number of rotatable bonds is 15. The molecule has 0 bridgehead atoms. The third-order valence-corrected chi connectivity index (χ3v) is 4.03. The number of hydrogen-bond donors (Lipinski definition) is 1. The lowest BCUT2D eigenvalue weighted by Gasteiger charge is -2.06. The summed E-state index contributed by atoms with van der Waals surface area (Å²) < 4.78 is 0. The van der Waals surface area contributed by atoms with E-state index < -0.39 is 0 Å². The van der Waals surface area contributed by atoms with Crippen LogP contribution >= 0.6 is 12.2 Å². The lowest BCUT2D eigenvalue weighted by atomic mass is 10.1. The molecule has 20 heavy (non-hydrogen) atoms. The Labute approximate surface area is 132 Å². The van der Waals surface area contributed by atoms with Gasteiger partial charge in [-0.15, -0.1) is 6.58 Å². The van der Waals surface area contributed by atoms with Gasteiger partial charge in [0.1, 0.15) is 0 Å². The molecule has 0 spiro atoms. The molecular formula is C18H35NS. The molecule has 1 nitrogen and oxygen atoms in total. The summed E-state index contributed by atoms with van der Waals surface area (Å²) in [6.45, 7) is 6.93. The first kappa shape index (κ1) is 19.6. The van der Waals surface area contributed by atoms with Crippen molar-refractivity contribution in [2.45, 2.75) is 90.4 Å². The average Bonchev–Trinajstić information content (AvgIpc) is 2.45. The number of nitrogens with one attached hydrogen (secondary N) is 1. The van der Waals surface area contributed by atoms with Crippen LogP contribution in [0.3, 0.4) is 0 Å². The molecule has 118 valence electrons. The van der Waals surface area contributed by atoms with Crippen molar-refractivity contribution in [3.8, 4) is 0 Å². The minimum absolute atomic E-state index is 0.945. The highest BCUT2D eigenvalue weighted by atomic mass is 32.1. The average molecular weight is 298 g/mol. The zero-order chi connectivity index (χ0) is 14.9. The molecule has 0 aliphatic heterocycles. The van der Waals surface area contributed by atoms with Gasteiger partial charge in [-0.2, -0.15) is 0 Å². The number of thiocarbonyl (C=S) groups is 1. The minimum Gasteiger partial charge on any atom is -0.379 e. The van der Waals surface area contributed by atoms with Gasteiger partial charge in [-0.05, 0) is 19.3 Å². The molecule has 0 heterocycles. The number of hydrogen-bond acceptors (Lipinski definition) is 1. The quantitative estimate of drug-likeness (QED) is 0.220. The van der Waals surface area contributed by atoms with Gasteiger partial charge in [-0.25, -0.2) is 0 Å². The summed E-state index contributed by atoms with van der Waals surface area (Å²) >= 11 is 5.29. The van der Waals surface area contributed by atoms with E-state index in [1.807, 2.05) is 6.08 Å². The maximum Gasteiger partial charge on any atom is 0.0753 e. The second kappa shape index (κ2) is 16.7. The SMILES string of the molecule is C=CCCNC(=S)CCCCCCCCCCCCC. The van der Waals surface area contributed by atoms with E-state index in [9.17, 15) is 0 Å². The van der Waals surface area contributed by atoms with E-state index in [4.69, 9.17) is 12.2 Å². The Hall–Kier alpha value is -0.370. The summed E-state index contributed by atoms with van der Waals surface area (Å²) in [7, 11) is 0. The summed E-state index contributed by atoms with van der Waals surface area (Å²) in [5.41, 5.74) is 0. The van der Waals surface area contributed by atoms with E-state index in [0.29, 0.717) is 0 Å². The highest BCUT2D eigenvalue weighted by Gasteiger charge is 1.96. The molecule has 0 atom stereocenters. The van der Waals surface area contributed by atoms with Crippen LogP contribution < -0.4 is 5.32 Å². The third-order valence-electron chi connectivity index (χ3n) is 3.68. The monoisotopic (exact) mass is 297 g/mol. The summed E-state index contributed by atoms with van der Waals surface area (Å²) in [5.74, 6) is 0. The fourth-order valence-electron chi connectivity index (χ4n) is 2.35. The van der Waals surface area contributed by atoms with Crippen LogP contribution in [0.5, 0.6) is 0 Å². The fourth-order valence-corrected chi connectivity index (χ4v) is 2.60. The van der Waals surface area contributed by atoms with Crippen LogP contribution in [0.25, 0.3) is 0 Å². The van der Waals surface area contributed by atoms with Crippen molar-refractivity contribution in [1.29, 1.82) is 0 Å². The molecule has 0 aromatic heterocycles. The van der Waals surface area contributed by atoms with Crippen molar-refractivity contribution < 1.29 is 0 Å². The van der Waals surface area contributed by atoms with E-state index in [1.165, 1.54) is 70.6 Å². The van der Waals surface area contributed by atoms with Crippen LogP contribution in [-0.4, -0.2) is 11.5 Å². The van der Waals surface area contributed by atoms with Gasteiger partial charge in [0.05, 0.1) is 4.99 Å². The molecule has 0 unspecified atom stereocenters. The lowest BCUT2D eigenvalue weighted by molar-refractivity contribution is 0.551. The highest BCUT2D eigenvalue weighted by molar-refractivity contribution is 7.80. The van der Waals surface area contributed by atoms with Crippen molar-refractivity contribution in [2.24, 2.45) is 0 Å². The van der Waals surface area contributed by atoms with E-state index >= 15 is 0 Å². The standard InChI is InChI=1S/C18H35NS/c1-3-5-7-8-9-10-11-12-13-14-15-16-18(20)19-17-6-4-2/h4H,2-3,5-17H2,1H3,(H,19,20). The van der Waals surface area contributed by atoms with Crippen molar-refractivity contribution in [3.63, 3.8) is 0 Å². The molecule has 0 aliphatic rings. The first-order valence-corrected chi connectivity index (χ1v) is 9.09. The summed E-state index contributed by atoms with van der Waals surface area (Å²) in [4.78, 5) is 1.03. The van der Waals surface area contributed by atoms with Crippen LogP contribution in [0.15, 0.2) is 12.7 Å². The topological polar surface area (TPSA) is 12.0 Å². The van der Waals surface area contributed by atoms with Crippen molar-refractivity contribution in [2.75, 3.05) is 6.54 Å². The second-order valence-corrected chi connectivity index (χ2v) is 6.21. The van der Waals surface area contributed by atoms with E-state index in [1.54, 1.807) is 0 Å². The van der Waals surface area contributed by atoms with Gasteiger partial charge in [-0.3, -0.25) is 0 Å². The van der Waals surface area contributed by atoms with Gasteiger partial charge in [-0.1, -0.05) is 89.4 Å². The Balaban J connectivity index is 3.08. The predicted octanol–water partition coefficient (Wildman–Crippen LogP) is 6.18. The maximum absolute atomic E-state index is 5.29. The third kappa shape index (κ3) is 15.7. The van der Waals surface area contributed by atoms with Crippen molar-refractivity contribution in [1.82, 2.24) is 5.32 Å². The van der Waals surface area contributed by atoms with Crippen LogP contribution in [0.2, 0.25) is 0 Å². The lowest BCUT2D eigenvalue weighted by Crippen LogP contribution is -2.21. The zero-order valence-corrected chi connectivity index (χ0v) is 14.4. The molecule has 0 saturated carbocycles. The second-order valence-electron chi connectivity index (χ2n) is 5.71. The summed E-state index contributed by atoms with van der Waals surface area (Å²) in [5, 5.41) is 3.28. The first-order chi connectivity index (χ1) is 9.81. The van der Waals surface area contributed by atoms with E-state index in [-0.39, 0.29) is 0 Å². The molecule has 0 aromatic rings. The van der Waals surface area contributed by atoms with Gasteiger partial charge in [0, 0.05) is 6.54 Å². The van der Waals surface area contributed by atoms with Gasteiger partial charge in [0.15, 0.2) is 0 Å². The molecule has 0 saturated heterocycles. The van der Waals surface area contributed by atoms with E-state index in [2.05, 4.69) is 18.8 Å². The van der Waals surface area contributed by atoms with Crippen LogP contribution in [-0.2, 0) is 0 Å².